The summed E-state index contributed by atoms with van der Waals surface area (Å²) >= 11 is 0. The molecule has 7 nitrogen and oxygen atoms in total. The van der Waals surface area contributed by atoms with Crippen LogP contribution in [0.5, 0.6) is 11.5 Å². The van der Waals surface area contributed by atoms with Gasteiger partial charge in [-0.3, -0.25) is 4.99 Å². The minimum Gasteiger partial charge on any atom is -0.508 e. The van der Waals surface area contributed by atoms with E-state index in [4.69, 9.17) is 4.74 Å². The summed E-state index contributed by atoms with van der Waals surface area (Å²) in [6, 6.07) is 11.8. The number of aromatic hydroxyl groups is 1. The molecule has 0 unspecified atom stereocenters. The number of phenols is 1. The second-order valence-corrected chi connectivity index (χ2v) is 6.84. The maximum Gasteiger partial charge on any atom is 0.191 e. The smallest absolute Gasteiger partial charge is 0.191 e. The van der Waals surface area contributed by atoms with Gasteiger partial charge < -0.3 is 25.4 Å². The third-order valence-corrected chi connectivity index (χ3v) is 5.01. The summed E-state index contributed by atoms with van der Waals surface area (Å²) in [5.41, 5.74) is 0.882. The van der Waals surface area contributed by atoms with Crippen molar-refractivity contribution in [2.24, 2.45) is 4.99 Å². The van der Waals surface area contributed by atoms with Crippen LogP contribution >= 0.6 is 0 Å². The van der Waals surface area contributed by atoms with Crippen molar-refractivity contribution in [2.75, 3.05) is 38.7 Å². The molecular formula is C21H29N5O2. The number of anilines is 1. The van der Waals surface area contributed by atoms with E-state index in [9.17, 15) is 5.11 Å². The van der Waals surface area contributed by atoms with Crippen molar-refractivity contribution < 1.29 is 9.84 Å². The first-order valence-electron chi connectivity index (χ1n) is 9.68. The highest BCUT2D eigenvalue weighted by Gasteiger charge is 2.20. The van der Waals surface area contributed by atoms with Crippen LogP contribution in [0.1, 0.15) is 18.4 Å². The predicted octanol–water partition coefficient (Wildman–Crippen LogP) is 2.17. The number of benzene rings is 1. The number of phenolic OH excluding ortho intramolecular Hbond substituents is 1. The Balaban J connectivity index is 1.43. The molecule has 1 aliphatic heterocycles. The van der Waals surface area contributed by atoms with Crippen molar-refractivity contribution in [3.8, 4) is 11.5 Å². The van der Waals surface area contributed by atoms with Crippen molar-refractivity contribution in [3.05, 3.63) is 48.2 Å². The molecule has 3 N–H and O–H groups in total. The van der Waals surface area contributed by atoms with Crippen LogP contribution < -0.4 is 20.3 Å². The minimum absolute atomic E-state index is 0.256. The van der Waals surface area contributed by atoms with Crippen LogP contribution in [0.15, 0.2) is 47.6 Å². The van der Waals surface area contributed by atoms with Crippen LogP contribution in [0.4, 0.5) is 5.82 Å². The number of nitrogens with zero attached hydrogens (tertiary/aromatic N) is 3. The van der Waals surface area contributed by atoms with E-state index in [1.54, 1.807) is 20.2 Å². The van der Waals surface area contributed by atoms with Crippen LogP contribution in [0.2, 0.25) is 0 Å². The van der Waals surface area contributed by atoms with Gasteiger partial charge in [-0.2, -0.15) is 0 Å². The zero-order chi connectivity index (χ0) is 19.8. The predicted molar refractivity (Wildman–Crippen MR) is 112 cm³/mol. The van der Waals surface area contributed by atoms with Gasteiger partial charge in [0.05, 0.1) is 7.11 Å². The number of ether oxygens (including phenoxy) is 1. The highest BCUT2D eigenvalue weighted by atomic mass is 16.5. The first-order chi connectivity index (χ1) is 13.7. The summed E-state index contributed by atoms with van der Waals surface area (Å²) in [5, 5.41) is 16.9. The first kappa shape index (κ1) is 19.8. The minimum atomic E-state index is 0.256. The summed E-state index contributed by atoms with van der Waals surface area (Å²) in [5.74, 6) is 2.75. The number of aliphatic imine (C=N–C) groups is 1. The lowest BCUT2D eigenvalue weighted by atomic mass is 10.1. The Morgan fingerprint density at radius 1 is 1.29 bits per heavy atom. The molecule has 28 heavy (non-hydrogen) atoms. The van der Waals surface area contributed by atoms with Crippen LogP contribution in [-0.4, -0.2) is 55.9 Å². The normalized spacial score (nSPS) is 15.4. The van der Waals surface area contributed by atoms with E-state index in [1.165, 1.54) is 0 Å². The molecule has 1 saturated heterocycles. The molecule has 0 spiro atoms. The number of methoxy groups -OCH3 is 1. The van der Waals surface area contributed by atoms with Crippen molar-refractivity contribution in [1.29, 1.82) is 0 Å². The molecule has 3 rings (SSSR count). The standard InChI is InChI=1S/C21H29N5O2/c1-22-21(24-12-8-16-6-7-18(28-2)15-19(16)27)25-17-9-13-26(14-10-17)20-5-3-4-11-23-20/h3-7,11,15,17,27H,8-10,12-14H2,1-2H3,(H2,22,24,25). The Bertz CT molecular complexity index is 774. The van der Waals surface area contributed by atoms with Gasteiger partial charge in [0.2, 0.25) is 0 Å². The van der Waals surface area contributed by atoms with Crippen molar-refractivity contribution in [1.82, 2.24) is 15.6 Å². The Hall–Kier alpha value is -2.96. The Labute approximate surface area is 166 Å². The molecule has 150 valence electrons. The molecule has 1 fully saturated rings. The molecular weight excluding hydrogens is 354 g/mol. The second kappa shape index (κ2) is 9.82. The number of guanidine groups is 1. The lowest BCUT2D eigenvalue weighted by molar-refractivity contribution is 0.406. The highest BCUT2D eigenvalue weighted by Crippen LogP contribution is 2.23. The molecule has 2 aromatic rings. The second-order valence-electron chi connectivity index (χ2n) is 6.84. The third-order valence-electron chi connectivity index (χ3n) is 5.01. The fourth-order valence-corrected chi connectivity index (χ4v) is 3.38. The van der Waals surface area contributed by atoms with E-state index in [-0.39, 0.29) is 5.75 Å². The van der Waals surface area contributed by atoms with Gasteiger partial charge in [-0.15, -0.1) is 0 Å². The number of nitrogens with one attached hydrogen (secondary N) is 2. The molecule has 0 atom stereocenters. The molecule has 1 aromatic heterocycles. The van der Waals surface area contributed by atoms with E-state index in [0.717, 1.165) is 43.3 Å². The maximum absolute atomic E-state index is 10.1. The lowest BCUT2D eigenvalue weighted by Crippen LogP contribution is -2.49. The highest BCUT2D eigenvalue weighted by molar-refractivity contribution is 5.80. The van der Waals surface area contributed by atoms with E-state index < -0.39 is 0 Å². The quantitative estimate of drug-likeness (QED) is 0.524. The zero-order valence-corrected chi connectivity index (χ0v) is 16.6. The van der Waals surface area contributed by atoms with Gasteiger partial charge >= 0.3 is 0 Å². The number of hydrogen-bond donors (Lipinski definition) is 3. The van der Waals surface area contributed by atoms with Crippen LogP contribution in [-0.2, 0) is 6.42 Å². The van der Waals surface area contributed by atoms with Crippen LogP contribution in [0, 0.1) is 0 Å². The molecule has 0 saturated carbocycles. The SMILES string of the molecule is CN=C(NCCc1ccc(OC)cc1O)NC1CCN(c2ccccn2)CC1. The largest absolute Gasteiger partial charge is 0.508 e. The number of pyridine rings is 1. The molecule has 1 aromatic carbocycles. The number of piperidine rings is 1. The number of rotatable bonds is 6. The maximum atomic E-state index is 10.1. The number of aromatic nitrogens is 1. The van der Waals surface area contributed by atoms with Crippen LogP contribution in [0.25, 0.3) is 0 Å². The van der Waals surface area contributed by atoms with Gasteiger partial charge in [-0.1, -0.05) is 12.1 Å². The van der Waals surface area contributed by atoms with Gasteiger partial charge in [0, 0.05) is 45.0 Å². The molecule has 0 aliphatic carbocycles. The summed E-state index contributed by atoms with van der Waals surface area (Å²) in [6.07, 6.45) is 4.62. The van der Waals surface area contributed by atoms with E-state index >= 15 is 0 Å². The fraction of sp³-hybridized carbons (Fsp3) is 0.429. The lowest BCUT2D eigenvalue weighted by Gasteiger charge is -2.33. The van der Waals surface area contributed by atoms with Gasteiger partial charge in [0.25, 0.3) is 0 Å². The summed E-state index contributed by atoms with van der Waals surface area (Å²) in [6.45, 7) is 2.64. The first-order valence-corrected chi connectivity index (χ1v) is 9.68. The zero-order valence-electron chi connectivity index (χ0n) is 16.6. The van der Waals surface area contributed by atoms with E-state index in [1.807, 2.05) is 30.5 Å². The van der Waals surface area contributed by atoms with Crippen molar-refractivity contribution in [2.45, 2.75) is 25.3 Å². The molecule has 1 aliphatic rings. The van der Waals surface area contributed by atoms with Crippen molar-refractivity contribution in [3.63, 3.8) is 0 Å². The van der Waals surface area contributed by atoms with Gasteiger partial charge in [0.1, 0.15) is 17.3 Å². The Morgan fingerprint density at radius 2 is 2.11 bits per heavy atom. The average Bonchev–Trinajstić information content (AvgIpc) is 2.75. The summed E-state index contributed by atoms with van der Waals surface area (Å²) in [7, 11) is 3.37. The molecule has 2 heterocycles. The molecule has 0 amide bonds. The topological polar surface area (TPSA) is 82.0 Å². The van der Waals surface area contributed by atoms with E-state index in [2.05, 4.69) is 31.6 Å². The average molecular weight is 383 g/mol. The molecule has 7 heteroatoms. The molecule has 0 bridgehead atoms. The van der Waals surface area contributed by atoms with Gasteiger partial charge in [-0.25, -0.2) is 4.98 Å². The third kappa shape index (κ3) is 5.28. The van der Waals surface area contributed by atoms with Gasteiger partial charge in [0.15, 0.2) is 5.96 Å². The molecule has 0 radical (unpaired) electrons. The Morgan fingerprint density at radius 3 is 2.75 bits per heavy atom. The van der Waals surface area contributed by atoms with E-state index in [0.29, 0.717) is 24.8 Å². The summed E-state index contributed by atoms with van der Waals surface area (Å²) < 4.78 is 5.12. The monoisotopic (exact) mass is 383 g/mol. The fourth-order valence-electron chi connectivity index (χ4n) is 3.38. The van der Waals surface area contributed by atoms with Gasteiger partial charge in [-0.05, 0) is 43.0 Å². The van der Waals surface area contributed by atoms with Crippen molar-refractivity contribution >= 4 is 11.8 Å². The van der Waals surface area contributed by atoms with Crippen LogP contribution in [0.3, 0.4) is 0 Å². The Kier molecular flexibility index (Phi) is 6.94. The number of hydrogen-bond acceptors (Lipinski definition) is 5. The summed E-state index contributed by atoms with van der Waals surface area (Å²) in [4.78, 5) is 11.1.